The third-order valence-corrected chi connectivity index (χ3v) is 3.49. The maximum absolute atomic E-state index is 13.0. The lowest BCUT2D eigenvalue weighted by molar-refractivity contribution is 0.0518. The zero-order valence-corrected chi connectivity index (χ0v) is 12.8. The van der Waals surface area contributed by atoms with Crippen LogP contribution < -0.4 is 10.6 Å². The van der Waals surface area contributed by atoms with Crippen LogP contribution in [0.15, 0.2) is 24.3 Å². The van der Waals surface area contributed by atoms with E-state index in [0.717, 1.165) is 18.5 Å². The van der Waals surface area contributed by atoms with Crippen LogP contribution in [-0.2, 0) is 4.74 Å². The number of carbonyl (C=O) groups excluding carboxylic acids is 1. The van der Waals surface area contributed by atoms with Gasteiger partial charge < -0.3 is 15.4 Å². The first-order valence-corrected chi connectivity index (χ1v) is 7.31. The van der Waals surface area contributed by atoms with E-state index in [1.54, 1.807) is 12.1 Å². The van der Waals surface area contributed by atoms with Crippen molar-refractivity contribution in [1.82, 2.24) is 10.6 Å². The summed E-state index contributed by atoms with van der Waals surface area (Å²) in [4.78, 5) is 11.7. The molecule has 0 saturated carbocycles. The molecule has 1 aromatic rings. The summed E-state index contributed by atoms with van der Waals surface area (Å²) in [6, 6.07) is 6.65. The minimum atomic E-state index is -0.492. The maximum Gasteiger partial charge on any atom is 0.407 e. The zero-order valence-electron chi connectivity index (χ0n) is 12.8. The van der Waals surface area contributed by atoms with E-state index in [0.29, 0.717) is 6.54 Å². The third kappa shape index (κ3) is 4.70. The molecule has 2 atom stereocenters. The Balaban J connectivity index is 1.90. The molecule has 21 heavy (non-hydrogen) atoms. The van der Waals surface area contributed by atoms with Crippen LogP contribution in [0.4, 0.5) is 9.18 Å². The molecule has 1 amide bonds. The Morgan fingerprint density at radius 2 is 2.05 bits per heavy atom. The fourth-order valence-electron chi connectivity index (χ4n) is 2.57. The van der Waals surface area contributed by atoms with Gasteiger partial charge >= 0.3 is 6.09 Å². The van der Waals surface area contributed by atoms with Gasteiger partial charge in [-0.3, -0.25) is 0 Å². The van der Waals surface area contributed by atoms with Crippen molar-refractivity contribution in [2.45, 2.75) is 38.8 Å². The fraction of sp³-hybridized carbons (Fsp3) is 0.562. The van der Waals surface area contributed by atoms with E-state index in [2.05, 4.69) is 10.6 Å². The number of benzene rings is 1. The highest BCUT2D eigenvalue weighted by atomic mass is 19.1. The van der Waals surface area contributed by atoms with Crippen LogP contribution >= 0.6 is 0 Å². The quantitative estimate of drug-likeness (QED) is 0.901. The number of hydrogen-bond donors (Lipinski definition) is 2. The standard InChI is InChI=1S/C16H23FN2O2/c1-16(2,3)21-15(20)19-10-12-8-9-18-14(12)11-4-6-13(17)7-5-11/h4-7,12,14,18H,8-10H2,1-3H3,(H,19,20). The Kier molecular flexibility index (Phi) is 4.83. The summed E-state index contributed by atoms with van der Waals surface area (Å²) in [6.45, 7) is 6.95. The van der Waals surface area contributed by atoms with Gasteiger partial charge in [0.25, 0.3) is 0 Å². The molecule has 1 aliphatic rings. The molecule has 2 rings (SSSR count). The summed E-state index contributed by atoms with van der Waals surface area (Å²) < 4.78 is 18.2. The van der Waals surface area contributed by atoms with Gasteiger partial charge in [-0.05, 0) is 57.4 Å². The first-order chi connectivity index (χ1) is 9.85. The topological polar surface area (TPSA) is 50.4 Å². The van der Waals surface area contributed by atoms with E-state index in [-0.39, 0.29) is 17.8 Å². The predicted molar refractivity (Wildman–Crippen MR) is 79.5 cm³/mol. The van der Waals surface area contributed by atoms with Gasteiger partial charge in [-0.15, -0.1) is 0 Å². The van der Waals surface area contributed by atoms with Crippen molar-refractivity contribution >= 4 is 6.09 Å². The third-order valence-electron chi connectivity index (χ3n) is 3.49. The molecule has 1 aromatic carbocycles. The molecule has 2 unspecified atom stereocenters. The number of ether oxygens (including phenoxy) is 1. The van der Waals surface area contributed by atoms with Crippen LogP contribution in [0.5, 0.6) is 0 Å². The van der Waals surface area contributed by atoms with Gasteiger partial charge in [0.2, 0.25) is 0 Å². The second-order valence-corrected chi connectivity index (χ2v) is 6.41. The van der Waals surface area contributed by atoms with E-state index < -0.39 is 11.7 Å². The summed E-state index contributed by atoms with van der Waals surface area (Å²) in [5.41, 5.74) is 0.554. The molecule has 2 N–H and O–H groups in total. The molecule has 1 aliphatic heterocycles. The van der Waals surface area contributed by atoms with Crippen LogP contribution in [0, 0.1) is 11.7 Å². The summed E-state index contributed by atoms with van der Waals surface area (Å²) >= 11 is 0. The van der Waals surface area contributed by atoms with E-state index in [1.165, 1.54) is 12.1 Å². The number of halogens is 1. The summed E-state index contributed by atoms with van der Waals surface area (Å²) in [5, 5.41) is 6.22. The molecule has 0 aromatic heterocycles. The van der Waals surface area contributed by atoms with Crippen molar-refractivity contribution in [3.63, 3.8) is 0 Å². The van der Waals surface area contributed by atoms with Crippen LogP contribution in [0.2, 0.25) is 0 Å². The maximum atomic E-state index is 13.0. The van der Waals surface area contributed by atoms with E-state index in [4.69, 9.17) is 4.74 Å². The minimum absolute atomic E-state index is 0.139. The zero-order chi connectivity index (χ0) is 15.5. The van der Waals surface area contributed by atoms with Gasteiger partial charge in [0.05, 0.1) is 0 Å². The Hall–Kier alpha value is -1.62. The highest BCUT2D eigenvalue weighted by Crippen LogP contribution is 2.29. The second-order valence-electron chi connectivity index (χ2n) is 6.41. The van der Waals surface area contributed by atoms with Crippen molar-refractivity contribution in [1.29, 1.82) is 0 Å². The van der Waals surface area contributed by atoms with Crippen LogP contribution in [0.3, 0.4) is 0 Å². The van der Waals surface area contributed by atoms with Crippen molar-refractivity contribution in [3.05, 3.63) is 35.6 Å². The molecule has 5 heteroatoms. The van der Waals surface area contributed by atoms with Gasteiger partial charge in [-0.1, -0.05) is 12.1 Å². The smallest absolute Gasteiger partial charge is 0.407 e. The number of alkyl carbamates (subject to hydrolysis) is 1. The predicted octanol–water partition coefficient (Wildman–Crippen LogP) is 3.00. The molecule has 116 valence electrons. The minimum Gasteiger partial charge on any atom is -0.444 e. The normalized spacial score (nSPS) is 22.1. The van der Waals surface area contributed by atoms with Gasteiger partial charge in [0.15, 0.2) is 0 Å². The lowest BCUT2D eigenvalue weighted by Gasteiger charge is -2.23. The average Bonchev–Trinajstić information content (AvgIpc) is 2.83. The molecular weight excluding hydrogens is 271 g/mol. The highest BCUT2D eigenvalue weighted by Gasteiger charge is 2.29. The Bertz CT molecular complexity index is 482. The first kappa shape index (κ1) is 15.8. The van der Waals surface area contributed by atoms with Crippen LogP contribution in [-0.4, -0.2) is 24.8 Å². The van der Waals surface area contributed by atoms with E-state index in [9.17, 15) is 9.18 Å². The number of carbonyl (C=O) groups is 1. The summed E-state index contributed by atoms with van der Waals surface area (Å²) in [6.07, 6.45) is 0.574. The largest absolute Gasteiger partial charge is 0.444 e. The highest BCUT2D eigenvalue weighted by molar-refractivity contribution is 5.67. The lowest BCUT2D eigenvalue weighted by Crippen LogP contribution is -2.36. The molecule has 0 aliphatic carbocycles. The van der Waals surface area contributed by atoms with E-state index in [1.807, 2.05) is 20.8 Å². The van der Waals surface area contributed by atoms with Crippen LogP contribution in [0.1, 0.15) is 38.8 Å². The number of rotatable bonds is 3. The van der Waals surface area contributed by atoms with Crippen molar-refractivity contribution in [3.8, 4) is 0 Å². The first-order valence-electron chi connectivity index (χ1n) is 7.31. The molecule has 0 bridgehead atoms. The summed E-state index contributed by atoms with van der Waals surface area (Å²) in [7, 11) is 0. The second kappa shape index (κ2) is 6.43. The average molecular weight is 294 g/mol. The molecule has 1 fully saturated rings. The van der Waals surface area contributed by atoms with Crippen molar-refractivity contribution in [2.75, 3.05) is 13.1 Å². The molecule has 0 spiro atoms. The van der Waals surface area contributed by atoms with Crippen LogP contribution in [0.25, 0.3) is 0 Å². The Morgan fingerprint density at radius 1 is 1.38 bits per heavy atom. The van der Waals surface area contributed by atoms with E-state index >= 15 is 0 Å². The molecule has 0 radical (unpaired) electrons. The molecule has 4 nitrogen and oxygen atoms in total. The Morgan fingerprint density at radius 3 is 2.67 bits per heavy atom. The monoisotopic (exact) mass is 294 g/mol. The molecular formula is C16H23FN2O2. The van der Waals surface area contributed by atoms with Gasteiger partial charge in [-0.2, -0.15) is 0 Å². The summed E-state index contributed by atoms with van der Waals surface area (Å²) in [5.74, 6) is 0.0446. The van der Waals surface area contributed by atoms with Crippen molar-refractivity contribution < 1.29 is 13.9 Å². The van der Waals surface area contributed by atoms with Gasteiger partial charge in [0, 0.05) is 12.6 Å². The number of hydrogen-bond acceptors (Lipinski definition) is 3. The van der Waals surface area contributed by atoms with Crippen molar-refractivity contribution in [2.24, 2.45) is 5.92 Å². The number of amides is 1. The van der Waals surface area contributed by atoms with Gasteiger partial charge in [0.1, 0.15) is 11.4 Å². The fourth-order valence-corrected chi connectivity index (χ4v) is 2.57. The Labute approximate surface area is 125 Å². The number of nitrogens with one attached hydrogen (secondary N) is 2. The molecule has 1 heterocycles. The lowest BCUT2D eigenvalue weighted by atomic mass is 9.94. The molecule has 1 saturated heterocycles. The SMILES string of the molecule is CC(C)(C)OC(=O)NCC1CCNC1c1ccc(F)cc1. The van der Waals surface area contributed by atoms with Gasteiger partial charge in [-0.25, -0.2) is 9.18 Å².